The quantitative estimate of drug-likeness (QED) is 0.610. The number of rotatable bonds is 4. The Bertz CT molecular complexity index is 480. The lowest BCUT2D eigenvalue weighted by molar-refractivity contribution is -0.125. The maximum absolute atomic E-state index is 12.3. The van der Waals surface area contributed by atoms with Crippen LogP contribution in [-0.4, -0.2) is 30.8 Å². The van der Waals surface area contributed by atoms with E-state index in [4.69, 9.17) is 10.1 Å². The number of carbonyl (C=O) groups excluding carboxylic acids is 1. The second kappa shape index (κ2) is 6.41. The normalized spacial score (nSPS) is 22.8. The van der Waals surface area contributed by atoms with E-state index < -0.39 is 0 Å². The summed E-state index contributed by atoms with van der Waals surface area (Å²) in [6.07, 6.45) is 8.41. The van der Waals surface area contributed by atoms with E-state index in [-0.39, 0.29) is 11.8 Å². The van der Waals surface area contributed by atoms with Gasteiger partial charge in [0.1, 0.15) is 5.76 Å². The predicted molar refractivity (Wildman–Crippen MR) is 77.9 cm³/mol. The summed E-state index contributed by atoms with van der Waals surface area (Å²) in [6.45, 7) is 4.43. The van der Waals surface area contributed by atoms with Crippen LogP contribution in [0, 0.1) is 11.3 Å². The molecule has 1 atom stereocenters. The molecule has 1 heterocycles. The molecule has 5 nitrogen and oxygen atoms in total. The molecule has 0 aromatic carbocycles. The molecule has 2 rings (SSSR count). The minimum atomic E-state index is -0.112. The third-order valence-electron chi connectivity index (χ3n) is 3.75. The van der Waals surface area contributed by atoms with Gasteiger partial charge in [-0.2, -0.15) is 0 Å². The van der Waals surface area contributed by atoms with E-state index in [1.54, 1.807) is 12.0 Å². The van der Waals surface area contributed by atoms with Crippen molar-refractivity contribution in [3.8, 4) is 0 Å². The van der Waals surface area contributed by atoms with Crippen molar-refractivity contribution >= 4 is 12.2 Å². The van der Waals surface area contributed by atoms with Crippen molar-refractivity contribution in [1.29, 1.82) is 5.41 Å². The van der Waals surface area contributed by atoms with Gasteiger partial charge in [0.2, 0.25) is 5.91 Å². The average Bonchev–Trinajstić information content (AvgIpc) is 2.48. The summed E-state index contributed by atoms with van der Waals surface area (Å²) in [5.41, 5.74) is 1.76. The molecule has 1 aliphatic carbocycles. The number of methoxy groups -OCH3 is 1. The molecule has 2 N–H and O–H groups in total. The molecule has 1 fully saturated rings. The lowest BCUT2D eigenvalue weighted by Gasteiger charge is -2.32. The van der Waals surface area contributed by atoms with Gasteiger partial charge in [0, 0.05) is 12.2 Å². The second-order valence-electron chi connectivity index (χ2n) is 5.06. The summed E-state index contributed by atoms with van der Waals surface area (Å²) in [7, 11) is 1.61. The number of hydrogen-bond acceptors (Lipinski definition) is 3. The first kappa shape index (κ1) is 14.4. The minimum Gasteiger partial charge on any atom is -0.495 e. The number of piperidine rings is 1. The molecular formula is C15H21N3O2. The van der Waals surface area contributed by atoms with Crippen LogP contribution in [0.25, 0.3) is 0 Å². The van der Waals surface area contributed by atoms with Gasteiger partial charge in [-0.05, 0) is 31.8 Å². The molecule has 5 heteroatoms. The zero-order chi connectivity index (χ0) is 14.5. The first-order valence-corrected chi connectivity index (χ1v) is 6.85. The number of allylic oxidation sites excluding steroid dienone is 4. The predicted octanol–water partition coefficient (Wildman–Crippen LogP) is 2.14. The Labute approximate surface area is 119 Å². The second-order valence-corrected chi connectivity index (χ2v) is 5.06. The van der Waals surface area contributed by atoms with Crippen LogP contribution < -0.4 is 5.32 Å². The number of nitrogens with one attached hydrogen (secondary N) is 2. The van der Waals surface area contributed by atoms with Crippen LogP contribution in [0.1, 0.15) is 25.7 Å². The average molecular weight is 275 g/mol. The molecule has 2 aliphatic rings. The minimum absolute atomic E-state index is 0.00389. The maximum Gasteiger partial charge on any atom is 0.229 e. The highest BCUT2D eigenvalue weighted by molar-refractivity contribution is 5.81. The first-order chi connectivity index (χ1) is 9.65. The van der Waals surface area contributed by atoms with E-state index in [0.717, 1.165) is 42.8 Å². The van der Waals surface area contributed by atoms with E-state index in [9.17, 15) is 4.79 Å². The standard InChI is InChI=1S/C15H21N3O2/c1-11-7-8-12(9-18(11)10-16)15(19)17-13-5-3-4-6-14(13)20-2/h4,6,10,12,16H,1,3,5,7-9H2,2H3,(H,17,19). The highest BCUT2D eigenvalue weighted by atomic mass is 16.5. The number of nitrogens with zero attached hydrogens (tertiary/aromatic N) is 1. The van der Waals surface area contributed by atoms with Gasteiger partial charge in [0.15, 0.2) is 0 Å². The molecule has 20 heavy (non-hydrogen) atoms. The Morgan fingerprint density at radius 3 is 3.10 bits per heavy atom. The lowest BCUT2D eigenvalue weighted by Crippen LogP contribution is -2.41. The summed E-state index contributed by atoms with van der Waals surface area (Å²) >= 11 is 0. The fourth-order valence-electron chi connectivity index (χ4n) is 2.51. The van der Waals surface area contributed by atoms with Gasteiger partial charge in [-0.1, -0.05) is 12.7 Å². The molecule has 1 saturated heterocycles. The Kier molecular flexibility index (Phi) is 4.61. The summed E-state index contributed by atoms with van der Waals surface area (Å²) in [5, 5.41) is 10.3. The van der Waals surface area contributed by atoms with E-state index in [1.165, 1.54) is 6.34 Å². The molecule has 1 aliphatic heterocycles. The van der Waals surface area contributed by atoms with Crippen molar-refractivity contribution in [2.75, 3.05) is 13.7 Å². The fourth-order valence-corrected chi connectivity index (χ4v) is 2.51. The van der Waals surface area contributed by atoms with E-state index >= 15 is 0 Å². The zero-order valence-corrected chi connectivity index (χ0v) is 11.8. The number of likely N-dealkylation sites (tertiary alicyclic amines) is 1. The van der Waals surface area contributed by atoms with Gasteiger partial charge in [-0.15, -0.1) is 0 Å². The molecule has 108 valence electrons. The van der Waals surface area contributed by atoms with Gasteiger partial charge in [-0.3, -0.25) is 10.2 Å². The topological polar surface area (TPSA) is 65.4 Å². The van der Waals surface area contributed by atoms with E-state index in [1.807, 2.05) is 12.2 Å². The first-order valence-electron chi connectivity index (χ1n) is 6.85. The fraction of sp³-hybridized carbons (Fsp3) is 0.467. The molecule has 0 bridgehead atoms. The van der Waals surface area contributed by atoms with Gasteiger partial charge in [0.05, 0.1) is 25.1 Å². The van der Waals surface area contributed by atoms with Crippen molar-refractivity contribution in [3.05, 3.63) is 35.9 Å². The van der Waals surface area contributed by atoms with Crippen molar-refractivity contribution < 1.29 is 9.53 Å². The highest BCUT2D eigenvalue weighted by Gasteiger charge is 2.27. The molecule has 0 spiro atoms. The van der Waals surface area contributed by atoms with Gasteiger partial charge in [-0.25, -0.2) is 0 Å². The van der Waals surface area contributed by atoms with E-state index in [0.29, 0.717) is 6.54 Å². The third kappa shape index (κ3) is 3.10. The number of carbonyl (C=O) groups is 1. The van der Waals surface area contributed by atoms with Gasteiger partial charge >= 0.3 is 0 Å². The number of amides is 1. The Balaban J connectivity index is 2.01. The maximum atomic E-state index is 12.3. The molecule has 0 radical (unpaired) electrons. The van der Waals surface area contributed by atoms with Crippen LogP contribution >= 0.6 is 0 Å². The Hall–Kier alpha value is -2.04. The van der Waals surface area contributed by atoms with Crippen LogP contribution in [0.15, 0.2) is 35.9 Å². The van der Waals surface area contributed by atoms with Crippen LogP contribution in [-0.2, 0) is 9.53 Å². The zero-order valence-electron chi connectivity index (χ0n) is 11.8. The van der Waals surface area contributed by atoms with Crippen molar-refractivity contribution in [2.24, 2.45) is 5.92 Å². The van der Waals surface area contributed by atoms with Crippen LogP contribution in [0.5, 0.6) is 0 Å². The van der Waals surface area contributed by atoms with Crippen molar-refractivity contribution in [3.63, 3.8) is 0 Å². The van der Waals surface area contributed by atoms with Crippen molar-refractivity contribution in [2.45, 2.75) is 25.7 Å². The SMILES string of the molecule is C=C1CCC(C(=O)NC2=C(OC)C=CCC2)CN1C=N. The smallest absolute Gasteiger partial charge is 0.229 e. The summed E-state index contributed by atoms with van der Waals surface area (Å²) in [6, 6.07) is 0. The van der Waals surface area contributed by atoms with Gasteiger partial charge in [0.25, 0.3) is 0 Å². The summed E-state index contributed by atoms with van der Waals surface area (Å²) in [5.74, 6) is 0.622. The third-order valence-corrected chi connectivity index (χ3v) is 3.75. The van der Waals surface area contributed by atoms with Crippen LogP contribution in [0.2, 0.25) is 0 Å². The largest absolute Gasteiger partial charge is 0.495 e. The van der Waals surface area contributed by atoms with Gasteiger partial charge < -0.3 is 15.0 Å². The molecule has 0 aromatic rings. The number of ether oxygens (including phenoxy) is 1. The van der Waals surface area contributed by atoms with Crippen molar-refractivity contribution in [1.82, 2.24) is 10.2 Å². The van der Waals surface area contributed by atoms with E-state index in [2.05, 4.69) is 11.9 Å². The Morgan fingerprint density at radius 2 is 2.40 bits per heavy atom. The highest BCUT2D eigenvalue weighted by Crippen LogP contribution is 2.24. The Morgan fingerprint density at radius 1 is 1.60 bits per heavy atom. The molecular weight excluding hydrogens is 254 g/mol. The molecule has 1 unspecified atom stereocenters. The summed E-state index contributed by atoms with van der Waals surface area (Å²) < 4.78 is 5.27. The molecule has 1 amide bonds. The summed E-state index contributed by atoms with van der Waals surface area (Å²) in [4.78, 5) is 14.1. The molecule has 0 saturated carbocycles. The van der Waals surface area contributed by atoms with Crippen LogP contribution in [0.4, 0.5) is 0 Å². The monoisotopic (exact) mass is 275 g/mol. The van der Waals surface area contributed by atoms with Crippen LogP contribution in [0.3, 0.4) is 0 Å². The number of hydrogen-bond donors (Lipinski definition) is 2. The molecule has 0 aromatic heterocycles. The lowest BCUT2D eigenvalue weighted by atomic mass is 9.95.